The molecule has 0 radical (unpaired) electrons. The molecule has 0 rings (SSSR count). The van der Waals surface area contributed by atoms with Crippen LogP contribution < -0.4 is 17.0 Å². The lowest BCUT2D eigenvalue weighted by molar-refractivity contribution is -0.783. The van der Waals surface area contributed by atoms with E-state index in [-0.39, 0.29) is 17.0 Å². The lowest BCUT2D eigenvalue weighted by Crippen LogP contribution is -3.00. The van der Waals surface area contributed by atoms with Crippen molar-refractivity contribution >= 4 is 5.96 Å². The second kappa shape index (κ2) is 9.89. The molecule has 0 aromatic rings. The Balaban J connectivity index is 0. The topological polar surface area (TPSA) is 15.6 Å². The van der Waals surface area contributed by atoms with Crippen LogP contribution in [-0.2, 0) is 0 Å². The lowest BCUT2D eigenvalue weighted by atomic mass is 10.2. The van der Waals surface area contributed by atoms with Crippen molar-refractivity contribution in [1.29, 1.82) is 0 Å². The van der Waals surface area contributed by atoms with E-state index in [2.05, 4.69) is 44.9 Å². The first-order valence-electron chi connectivity index (χ1n) is 6.51. The van der Waals surface area contributed by atoms with Crippen LogP contribution in [0.25, 0.3) is 0 Å². The summed E-state index contributed by atoms with van der Waals surface area (Å²) in [6.07, 6.45) is 5.00. The molecule has 0 aliphatic rings. The van der Waals surface area contributed by atoms with Crippen molar-refractivity contribution in [1.82, 2.24) is 4.90 Å². The lowest BCUT2D eigenvalue weighted by Gasteiger charge is -2.33. The van der Waals surface area contributed by atoms with Crippen LogP contribution in [0.15, 0.2) is 4.99 Å². The van der Waals surface area contributed by atoms with Crippen LogP contribution in [0.1, 0.15) is 39.5 Å². The second-order valence-electron chi connectivity index (χ2n) is 5.23. The summed E-state index contributed by atoms with van der Waals surface area (Å²) in [4.78, 5) is 6.93. The molecule has 0 aliphatic heterocycles. The molecule has 3 nitrogen and oxygen atoms in total. The molecule has 0 amide bonds. The van der Waals surface area contributed by atoms with Gasteiger partial charge in [0.05, 0.1) is 21.1 Å². The minimum absolute atomic E-state index is 0. The first-order chi connectivity index (χ1) is 7.47. The Morgan fingerprint density at radius 2 is 1.41 bits per heavy atom. The number of rotatable bonds is 6. The number of unbranched alkanes of at least 4 members (excludes halogenated alkanes) is 2. The zero-order chi connectivity index (χ0) is 12.6. The van der Waals surface area contributed by atoms with Crippen molar-refractivity contribution in [2.75, 3.05) is 41.3 Å². The van der Waals surface area contributed by atoms with Crippen molar-refractivity contribution in [3.63, 3.8) is 0 Å². The van der Waals surface area contributed by atoms with Crippen molar-refractivity contribution in [3.05, 3.63) is 0 Å². The number of hydrogen-bond acceptors (Lipinski definition) is 1. The van der Waals surface area contributed by atoms with Crippen molar-refractivity contribution in [2.24, 2.45) is 4.99 Å². The van der Waals surface area contributed by atoms with Crippen molar-refractivity contribution in [2.45, 2.75) is 39.5 Å². The SMILES string of the molecule is CCCCN(CCCC)/C(=N\C)[N+](C)(C)C.[Br-]. The highest BCUT2D eigenvalue weighted by atomic mass is 79.9. The Hall–Kier alpha value is -0.0900. The molecule has 17 heavy (non-hydrogen) atoms. The molecule has 0 saturated carbocycles. The third-order valence-corrected chi connectivity index (χ3v) is 2.65. The van der Waals surface area contributed by atoms with Crippen molar-refractivity contribution in [3.8, 4) is 0 Å². The van der Waals surface area contributed by atoms with Gasteiger partial charge in [0.15, 0.2) is 0 Å². The summed E-state index contributed by atoms with van der Waals surface area (Å²) < 4.78 is 0.809. The molecular weight excluding hydrogens is 278 g/mol. The molecule has 0 aliphatic carbocycles. The number of nitrogens with zero attached hydrogens (tertiary/aromatic N) is 3. The van der Waals surface area contributed by atoms with Crippen LogP contribution in [0.2, 0.25) is 0 Å². The van der Waals surface area contributed by atoms with Gasteiger partial charge in [0, 0.05) is 20.1 Å². The van der Waals surface area contributed by atoms with Gasteiger partial charge in [-0.1, -0.05) is 26.7 Å². The van der Waals surface area contributed by atoms with Crippen LogP contribution in [0.3, 0.4) is 0 Å². The van der Waals surface area contributed by atoms with E-state index in [9.17, 15) is 0 Å². The summed E-state index contributed by atoms with van der Waals surface area (Å²) in [6, 6.07) is 0. The van der Waals surface area contributed by atoms with Crippen LogP contribution >= 0.6 is 0 Å². The first-order valence-corrected chi connectivity index (χ1v) is 6.51. The number of guanidine groups is 1. The molecule has 0 atom stereocenters. The molecule has 0 aromatic heterocycles. The minimum Gasteiger partial charge on any atom is -1.00 e. The monoisotopic (exact) mass is 307 g/mol. The van der Waals surface area contributed by atoms with Gasteiger partial charge in [0.2, 0.25) is 0 Å². The largest absolute Gasteiger partial charge is 1.00 e. The van der Waals surface area contributed by atoms with Gasteiger partial charge in [-0.2, -0.15) is 0 Å². The smallest absolute Gasteiger partial charge is 0.299 e. The fraction of sp³-hybridized carbons (Fsp3) is 0.923. The predicted molar refractivity (Wildman–Crippen MR) is 72.8 cm³/mol. The summed E-state index contributed by atoms with van der Waals surface area (Å²) in [5.41, 5.74) is 0. The zero-order valence-corrected chi connectivity index (χ0v) is 14.0. The third-order valence-electron chi connectivity index (χ3n) is 2.65. The Bertz CT molecular complexity index is 201. The molecule has 0 bridgehead atoms. The quantitative estimate of drug-likeness (QED) is 0.370. The molecule has 0 unspecified atom stereocenters. The molecule has 0 aromatic carbocycles. The summed E-state index contributed by atoms with van der Waals surface area (Å²) in [6.45, 7) is 6.76. The Morgan fingerprint density at radius 3 is 1.65 bits per heavy atom. The van der Waals surface area contributed by atoms with E-state index in [1.807, 2.05) is 7.05 Å². The molecule has 0 fully saturated rings. The molecular formula is C13H30BrN3. The molecule has 4 heteroatoms. The zero-order valence-electron chi connectivity index (χ0n) is 12.5. The molecule has 0 spiro atoms. The maximum absolute atomic E-state index is 4.48. The van der Waals surface area contributed by atoms with Crippen molar-refractivity contribution < 1.29 is 21.5 Å². The summed E-state index contributed by atoms with van der Waals surface area (Å²) in [5.74, 6) is 1.20. The Labute approximate surface area is 118 Å². The second-order valence-corrected chi connectivity index (χ2v) is 5.23. The highest BCUT2D eigenvalue weighted by molar-refractivity contribution is 5.72. The summed E-state index contributed by atoms with van der Waals surface area (Å²) in [7, 11) is 8.47. The average Bonchev–Trinajstić information content (AvgIpc) is 2.20. The highest BCUT2D eigenvalue weighted by Crippen LogP contribution is 2.06. The van der Waals surface area contributed by atoms with Crippen LogP contribution in [0.5, 0.6) is 0 Å². The van der Waals surface area contributed by atoms with Gasteiger partial charge in [0.1, 0.15) is 0 Å². The molecule has 0 heterocycles. The van der Waals surface area contributed by atoms with Gasteiger partial charge in [0.25, 0.3) is 5.96 Å². The van der Waals surface area contributed by atoms with E-state index < -0.39 is 0 Å². The standard InChI is InChI=1S/C13H30N3.BrH/c1-7-9-11-15(12-10-8-2)13(14-3)16(4,5)6;/h7-12H2,1-6H3;1H/q+1;/p-1/b14-13+;. The van der Waals surface area contributed by atoms with E-state index in [1.54, 1.807) is 0 Å². The number of hydrogen-bond donors (Lipinski definition) is 0. The van der Waals surface area contributed by atoms with E-state index in [0.717, 1.165) is 17.6 Å². The van der Waals surface area contributed by atoms with E-state index in [4.69, 9.17) is 0 Å². The van der Waals surface area contributed by atoms with E-state index >= 15 is 0 Å². The Morgan fingerprint density at radius 1 is 1.00 bits per heavy atom. The van der Waals surface area contributed by atoms with Gasteiger partial charge < -0.3 is 21.9 Å². The fourth-order valence-electron chi connectivity index (χ4n) is 1.88. The highest BCUT2D eigenvalue weighted by Gasteiger charge is 2.23. The van der Waals surface area contributed by atoms with Crippen LogP contribution in [0.4, 0.5) is 0 Å². The van der Waals surface area contributed by atoms with Gasteiger partial charge in [-0.15, -0.1) is 0 Å². The van der Waals surface area contributed by atoms with Crippen LogP contribution in [-0.4, -0.2) is 56.6 Å². The first kappa shape index (κ1) is 19.3. The molecule has 0 saturated heterocycles. The van der Waals surface area contributed by atoms with Gasteiger partial charge in [-0.05, 0) is 12.8 Å². The summed E-state index contributed by atoms with van der Waals surface area (Å²) >= 11 is 0. The molecule has 0 N–H and O–H groups in total. The molecule has 104 valence electrons. The minimum atomic E-state index is 0. The average molecular weight is 308 g/mol. The van der Waals surface area contributed by atoms with Gasteiger partial charge >= 0.3 is 0 Å². The number of aliphatic imine (C=N–C) groups is 1. The normalized spacial score (nSPS) is 12.2. The summed E-state index contributed by atoms with van der Waals surface area (Å²) in [5, 5.41) is 0. The predicted octanol–water partition coefficient (Wildman–Crippen LogP) is -0.415. The Kier molecular flexibility index (Phi) is 11.2. The number of halogens is 1. The van der Waals surface area contributed by atoms with Crippen LogP contribution in [0, 0.1) is 0 Å². The van der Waals surface area contributed by atoms with Gasteiger partial charge in [-0.25, -0.2) is 4.99 Å². The maximum Gasteiger partial charge on any atom is 0.299 e. The van der Waals surface area contributed by atoms with Gasteiger partial charge in [-0.3, -0.25) is 4.48 Å². The van der Waals surface area contributed by atoms with E-state index in [0.29, 0.717) is 0 Å². The fourth-order valence-corrected chi connectivity index (χ4v) is 1.88. The third kappa shape index (κ3) is 7.77. The van der Waals surface area contributed by atoms with E-state index in [1.165, 1.54) is 31.6 Å². The number of quaternary nitrogens is 1. The maximum atomic E-state index is 4.48.